The molecule has 1 saturated heterocycles. The number of ether oxygens (including phenoxy) is 1. The molecule has 0 aromatic heterocycles. The summed E-state index contributed by atoms with van der Waals surface area (Å²) >= 11 is 0. The second-order valence-corrected chi connectivity index (χ2v) is 6.55. The van der Waals surface area contributed by atoms with Crippen LogP contribution in [0, 0.1) is 11.8 Å². The van der Waals surface area contributed by atoms with E-state index in [2.05, 4.69) is 20.8 Å². The minimum Gasteiger partial charge on any atom is -0.375 e. The normalized spacial score (nSPS) is 31.9. The third-order valence-corrected chi connectivity index (χ3v) is 5.46. The maximum absolute atomic E-state index is 6.71. The van der Waals surface area contributed by atoms with E-state index in [0.29, 0.717) is 11.8 Å². The van der Waals surface area contributed by atoms with Crippen LogP contribution in [0.25, 0.3) is 0 Å². The Balaban J connectivity index is 2.10. The van der Waals surface area contributed by atoms with E-state index in [9.17, 15) is 0 Å². The first-order chi connectivity index (χ1) is 8.02. The topological polar surface area (TPSA) is 35.2 Å². The van der Waals surface area contributed by atoms with Gasteiger partial charge in [0.2, 0.25) is 0 Å². The monoisotopic (exact) mass is 239 g/mol. The molecule has 0 aromatic rings. The van der Waals surface area contributed by atoms with Gasteiger partial charge in [0, 0.05) is 12.1 Å². The van der Waals surface area contributed by atoms with Crippen LogP contribution in [0.5, 0.6) is 0 Å². The van der Waals surface area contributed by atoms with Gasteiger partial charge in [-0.25, -0.2) is 0 Å². The lowest BCUT2D eigenvalue weighted by atomic mass is 9.67. The SMILES string of the molecule is CCC(N)(C(C)C)C1CCOC2(CCCC2)C1. The maximum Gasteiger partial charge on any atom is 0.0685 e. The van der Waals surface area contributed by atoms with Gasteiger partial charge >= 0.3 is 0 Å². The van der Waals surface area contributed by atoms with Crippen molar-refractivity contribution in [2.75, 3.05) is 6.61 Å². The van der Waals surface area contributed by atoms with Gasteiger partial charge in [0.25, 0.3) is 0 Å². The third kappa shape index (κ3) is 2.39. The Hall–Kier alpha value is -0.0800. The molecule has 1 spiro atoms. The molecule has 1 heterocycles. The Kier molecular flexibility index (Phi) is 3.84. The Morgan fingerprint density at radius 3 is 2.53 bits per heavy atom. The van der Waals surface area contributed by atoms with Crippen LogP contribution >= 0.6 is 0 Å². The Labute approximate surface area is 106 Å². The smallest absolute Gasteiger partial charge is 0.0685 e. The van der Waals surface area contributed by atoms with Crippen molar-refractivity contribution >= 4 is 0 Å². The molecule has 17 heavy (non-hydrogen) atoms. The molecule has 0 aromatic carbocycles. The summed E-state index contributed by atoms with van der Waals surface area (Å²) in [5.41, 5.74) is 6.93. The average Bonchev–Trinajstić information content (AvgIpc) is 2.76. The molecule has 0 radical (unpaired) electrons. The lowest BCUT2D eigenvalue weighted by Gasteiger charge is -2.48. The van der Waals surface area contributed by atoms with E-state index < -0.39 is 0 Å². The van der Waals surface area contributed by atoms with Gasteiger partial charge in [-0.1, -0.05) is 33.6 Å². The van der Waals surface area contributed by atoms with Gasteiger partial charge in [0.05, 0.1) is 5.60 Å². The Bertz CT molecular complexity index is 258. The molecule has 100 valence electrons. The number of rotatable bonds is 3. The van der Waals surface area contributed by atoms with Crippen LogP contribution in [0.15, 0.2) is 0 Å². The van der Waals surface area contributed by atoms with E-state index in [1.165, 1.54) is 32.1 Å². The van der Waals surface area contributed by atoms with Gasteiger partial charge in [-0.05, 0) is 43.9 Å². The first-order valence-corrected chi connectivity index (χ1v) is 7.45. The van der Waals surface area contributed by atoms with Crippen molar-refractivity contribution in [3.8, 4) is 0 Å². The van der Waals surface area contributed by atoms with Crippen molar-refractivity contribution < 1.29 is 4.74 Å². The van der Waals surface area contributed by atoms with Crippen LogP contribution in [-0.2, 0) is 4.74 Å². The zero-order valence-electron chi connectivity index (χ0n) is 11.8. The van der Waals surface area contributed by atoms with Crippen LogP contribution < -0.4 is 5.73 Å². The molecule has 2 N–H and O–H groups in total. The molecule has 2 rings (SSSR count). The van der Waals surface area contributed by atoms with Crippen LogP contribution in [0.2, 0.25) is 0 Å². The number of nitrogens with two attached hydrogens (primary N) is 1. The highest BCUT2D eigenvalue weighted by Gasteiger charge is 2.46. The summed E-state index contributed by atoms with van der Waals surface area (Å²) in [6, 6.07) is 0. The highest BCUT2D eigenvalue weighted by Crippen LogP contribution is 2.46. The average molecular weight is 239 g/mol. The van der Waals surface area contributed by atoms with Crippen LogP contribution in [-0.4, -0.2) is 17.7 Å². The summed E-state index contributed by atoms with van der Waals surface area (Å²) in [5.74, 6) is 1.22. The second-order valence-electron chi connectivity index (χ2n) is 6.55. The maximum atomic E-state index is 6.71. The molecular formula is C15H29NO. The zero-order chi connectivity index (χ0) is 12.5. The second kappa shape index (κ2) is 4.89. The summed E-state index contributed by atoms with van der Waals surface area (Å²) in [6.07, 6.45) is 8.67. The van der Waals surface area contributed by atoms with Crippen LogP contribution in [0.1, 0.15) is 65.7 Å². The molecule has 1 aliphatic heterocycles. The predicted molar refractivity (Wildman–Crippen MR) is 71.9 cm³/mol. The highest BCUT2D eigenvalue weighted by atomic mass is 16.5. The summed E-state index contributed by atoms with van der Waals surface area (Å²) in [5, 5.41) is 0. The molecule has 2 atom stereocenters. The third-order valence-electron chi connectivity index (χ3n) is 5.46. The van der Waals surface area contributed by atoms with E-state index in [0.717, 1.165) is 19.4 Å². The predicted octanol–water partition coefficient (Wildman–Crippen LogP) is 3.49. The van der Waals surface area contributed by atoms with E-state index in [1.807, 2.05) is 0 Å². The van der Waals surface area contributed by atoms with Crippen molar-refractivity contribution in [1.82, 2.24) is 0 Å². The van der Waals surface area contributed by atoms with Gasteiger partial charge < -0.3 is 10.5 Å². The van der Waals surface area contributed by atoms with Gasteiger partial charge in [-0.15, -0.1) is 0 Å². The molecule has 2 aliphatic rings. The standard InChI is InChI=1S/C15H29NO/c1-4-15(16,12(2)3)13-7-10-17-14(11-13)8-5-6-9-14/h12-13H,4-11,16H2,1-3H3. The van der Waals surface area contributed by atoms with Crippen molar-refractivity contribution in [3.63, 3.8) is 0 Å². The van der Waals surface area contributed by atoms with E-state index in [-0.39, 0.29) is 11.1 Å². The van der Waals surface area contributed by atoms with Crippen LogP contribution in [0.4, 0.5) is 0 Å². The van der Waals surface area contributed by atoms with E-state index in [4.69, 9.17) is 10.5 Å². The minimum absolute atomic E-state index is 0.0133. The number of hydrogen-bond donors (Lipinski definition) is 1. The molecule has 2 unspecified atom stereocenters. The summed E-state index contributed by atoms with van der Waals surface area (Å²) in [6.45, 7) is 7.73. The summed E-state index contributed by atoms with van der Waals surface area (Å²) < 4.78 is 6.12. The molecule has 0 bridgehead atoms. The molecule has 2 fully saturated rings. The molecular weight excluding hydrogens is 210 g/mol. The van der Waals surface area contributed by atoms with E-state index >= 15 is 0 Å². The first-order valence-electron chi connectivity index (χ1n) is 7.45. The lowest BCUT2D eigenvalue weighted by molar-refractivity contribution is -0.109. The van der Waals surface area contributed by atoms with Crippen molar-refractivity contribution in [3.05, 3.63) is 0 Å². The quantitative estimate of drug-likeness (QED) is 0.818. The minimum atomic E-state index is 0.0133. The Morgan fingerprint density at radius 1 is 1.35 bits per heavy atom. The molecule has 1 saturated carbocycles. The van der Waals surface area contributed by atoms with Crippen molar-refractivity contribution in [2.45, 2.75) is 76.9 Å². The van der Waals surface area contributed by atoms with Gasteiger partial charge in [0.15, 0.2) is 0 Å². The van der Waals surface area contributed by atoms with Crippen molar-refractivity contribution in [2.24, 2.45) is 17.6 Å². The van der Waals surface area contributed by atoms with Gasteiger partial charge in [0.1, 0.15) is 0 Å². The number of hydrogen-bond acceptors (Lipinski definition) is 2. The molecule has 1 aliphatic carbocycles. The fourth-order valence-electron chi connectivity index (χ4n) is 4.02. The van der Waals surface area contributed by atoms with Crippen molar-refractivity contribution in [1.29, 1.82) is 0 Å². The lowest BCUT2D eigenvalue weighted by Crippen LogP contribution is -2.55. The molecule has 2 nitrogen and oxygen atoms in total. The fourth-order valence-corrected chi connectivity index (χ4v) is 4.02. The largest absolute Gasteiger partial charge is 0.375 e. The Morgan fingerprint density at radius 2 is 2.00 bits per heavy atom. The molecule has 0 amide bonds. The van der Waals surface area contributed by atoms with Gasteiger partial charge in [-0.2, -0.15) is 0 Å². The molecule has 2 heteroatoms. The first kappa shape index (κ1) is 13.4. The fraction of sp³-hybridized carbons (Fsp3) is 1.00. The van der Waals surface area contributed by atoms with Crippen LogP contribution in [0.3, 0.4) is 0 Å². The summed E-state index contributed by atoms with van der Waals surface area (Å²) in [4.78, 5) is 0. The van der Waals surface area contributed by atoms with Gasteiger partial charge in [-0.3, -0.25) is 0 Å². The summed E-state index contributed by atoms with van der Waals surface area (Å²) in [7, 11) is 0. The van der Waals surface area contributed by atoms with E-state index in [1.54, 1.807) is 0 Å². The highest BCUT2D eigenvalue weighted by molar-refractivity contribution is 5.00. The zero-order valence-corrected chi connectivity index (χ0v) is 11.8.